The van der Waals surface area contributed by atoms with Crippen molar-refractivity contribution in [3.05, 3.63) is 88.6 Å². The number of allylic oxidation sites excluding steroid dienone is 2. The second-order valence-electron chi connectivity index (χ2n) is 11.0. The van der Waals surface area contributed by atoms with E-state index in [1.807, 2.05) is 19.2 Å². The maximum absolute atomic E-state index is 10.8. The van der Waals surface area contributed by atoms with Gasteiger partial charge in [0.25, 0.3) is 0 Å². The topological polar surface area (TPSA) is 57.0 Å². The van der Waals surface area contributed by atoms with Gasteiger partial charge in [-0.05, 0) is 48.4 Å². The van der Waals surface area contributed by atoms with E-state index in [0.29, 0.717) is 6.04 Å². The molecule has 2 aliphatic rings. The summed E-state index contributed by atoms with van der Waals surface area (Å²) in [6.45, 7) is 10.1. The number of carbonyl (C=O) groups excluding carboxylic acids is 1. The van der Waals surface area contributed by atoms with Crippen molar-refractivity contribution in [2.24, 2.45) is 0 Å². The number of nitrogens with zero attached hydrogens (tertiary/aromatic N) is 3. The van der Waals surface area contributed by atoms with Crippen molar-refractivity contribution in [1.29, 1.82) is 0 Å². The number of fused-ring (bicyclic) bond motifs is 3. The number of hydrogen-bond donors (Lipinski definition) is 0. The quantitative estimate of drug-likeness (QED) is 0.161. The predicted molar refractivity (Wildman–Crippen MR) is 153 cm³/mol. The van der Waals surface area contributed by atoms with Crippen molar-refractivity contribution in [3.63, 3.8) is 0 Å². The van der Waals surface area contributed by atoms with Crippen LogP contribution in [0.3, 0.4) is 0 Å². The minimum absolute atomic E-state index is 0. The molecule has 1 radical (unpaired) electrons. The van der Waals surface area contributed by atoms with Crippen molar-refractivity contribution in [1.82, 2.24) is 9.97 Å². The zero-order valence-electron chi connectivity index (χ0n) is 22.9. The molecule has 2 aromatic carbocycles. The standard InChI is InChI=1S/C22H17N2.C11H19NO.Ir/c1-13-10-18-20-19(24-13)8-9-23-21(20)16-11-14-6-4-5-7-15(14)12-17(16)22(18,2)3;1-9(8-10(2)13)12-11-6-4-3-5-7-11;/h4-10,12H,1-3H3;8,11H,3-7H2,1-2H3,(H,12,13);/q-1;;/p-1. The fourth-order valence-electron chi connectivity index (χ4n) is 5.82. The van der Waals surface area contributed by atoms with Gasteiger partial charge in [-0.3, -0.25) is 14.8 Å². The molecule has 38 heavy (non-hydrogen) atoms. The van der Waals surface area contributed by atoms with Crippen molar-refractivity contribution < 1.29 is 24.9 Å². The molecule has 199 valence electrons. The van der Waals surface area contributed by atoms with Crippen LogP contribution >= 0.6 is 0 Å². The molecule has 5 heteroatoms. The van der Waals surface area contributed by atoms with Crippen LogP contribution in [0.15, 0.2) is 60.4 Å². The molecule has 0 N–H and O–H groups in total. The first-order valence-electron chi connectivity index (χ1n) is 13.4. The summed E-state index contributed by atoms with van der Waals surface area (Å²) in [5.74, 6) is 0.0945. The van der Waals surface area contributed by atoms with Crippen molar-refractivity contribution in [2.45, 2.75) is 78.2 Å². The maximum Gasteiger partial charge on any atom is 0.151 e. The van der Waals surface area contributed by atoms with Gasteiger partial charge in [0, 0.05) is 37.7 Å². The molecule has 1 saturated carbocycles. The van der Waals surface area contributed by atoms with E-state index in [0.717, 1.165) is 33.6 Å². The Balaban J connectivity index is 0.000000207. The monoisotopic (exact) mass is 682 g/mol. The number of aromatic nitrogens is 2. The first-order valence-corrected chi connectivity index (χ1v) is 13.4. The van der Waals surface area contributed by atoms with Crippen LogP contribution in [-0.4, -0.2) is 21.8 Å². The molecule has 4 nitrogen and oxygen atoms in total. The molecule has 0 saturated heterocycles. The van der Waals surface area contributed by atoms with Crippen LogP contribution in [0, 0.1) is 13.0 Å². The van der Waals surface area contributed by atoms with Gasteiger partial charge in [-0.1, -0.05) is 87.6 Å². The fourth-order valence-corrected chi connectivity index (χ4v) is 5.82. The average molecular weight is 682 g/mol. The van der Waals surface area contributed by atoms with Crippen LogP contribution in [0.1, 0.15) is 76.6 Å². The number of rotatable bonds is 3. The van der Waals surface area contributed by atoms with Gasteiger partial charge in [0.15, 0.2) is 5.78 Å². The molecule has 2 heterocycles. The minimum atomic E-state index is -0.0994. The van der Waals surface area contributed by atoms with E-state index in [4.69, 9.17) is 9.97 Å². The first kappa shape index (κ1) is 28.1. The molecule has 0 atom stereocenters. The van der Waals surface area contributed by atoms with Crippen LogP contribution in [0.4, 0.5) is 0 Å². The molecule has 4 aromatic rings. The third kappa shape index (κ3) is 5.60. The molecule has 2 aromatic heterocycles. The summed E-state index contributed by atoms with van der Waals surface area (Å²) >= 11 is 0. The van der Waals surface area contributed by atoms with E-state index in [1.54, 1.807) is 13.0 Å². The van der Waals surface area contributed by atoms with Crippen molar-refractivity contribution >= 4 is 27.5 Å². The Bertz CT molecular complexity index is 1520. The Morgan fingerprint density at radius 1 is 1.05 bits per heavy atom. The Morgan fingerprint density at radius 3 is 2.53 bits per heavy atom. The third-order valence-corrected chi connectivity index (χ3v) is 7.59. The molecule has 0 spiro atoms. The Kier molecular flexibility index (Phi) is 8.49. The summed E-state index contributed by atoms with van der Waals surface area (Å²) in [5, 5.41) is 8.05. The molecule has 0 unspecified atom stereocenters. The molecule has 6 rings (SSSR count). The van der Waals surface area contributed by atoms with E-state index in [2.05, 4.69) is 68.6 Å². The van der Waals surface area contributed by atoms with E-state index in [1.165, 1.54) is 54.0 Å². The smallest absolute Gasteiger partial charge is 0.151 e. The van der Waals surface area contributed by atoms with Crippen LogP contribution in [0.2, 0.25) is 0 Å². The van der Waals surface area contributed by atoms with Gasteiger partial charge < -0.3 is 5.32 Å². The van der Waals surface area contributed by atoms with E-state index in [-0.39, 0.29) is 31.3 Å². The number of aryl methyl sites for hydroxylation is 1. The van der Waals surface area contributed by atoms with Gasteiger partial charge in [0.2, 0.25) is 0 Å². The number of hydrogen-bond acceptors (Lipinski definition) is 3. The summed E-state index contributed by atoms with van der Waals surface area (Å²) in [7, 11) is 0. The van der Waals surface area contributed by atoms with Crippen LogP contribution in [0.5, 0.6) is 0 Å². The summed E-state index contributed by atoms with van der Waals surface area (Å²) in [5.41, 5.74) is 7.59. The Labute approximate surface area is 239 Å². The molecule has 1 fully saturated rings. The van der Waals surface area contributed by atoms with Crippen LogP contribution in [-0.2, 0) is 30.3 Å². The molecular formula is C33H35IrN3O-2. The van der Waals surface area contributed by atoms with E-state index in [9.17, 15) is 4.79 Å². The van der Waals surface area contributed by atoms with Crippen LogP contribution in [0.25, 0.3) is 38.2 Å². The molecule has 2 aliphatic carbocycles. The molecule has 0 aliphatic heterocycles. The minimum Gasteiger partial charge on any atom is -0.685 e. The SMILES string of the molecule is CC(=O)/C=C(/C)[N-]C1CCCCC1.Cc1cc2c3c(nccc3n1)-c1[c-]c3ccccc3cc1C2(C)C.[Ir]. The predicted octanol–water partition coefficient (Wildman–Crippen LogP) is 8.38. The largest absolute Gasteiger partial charge is 0.685 e. The summed E-state index contributed by atoms with van der Waals surface area (Å²) < 4.78 is 0. The molecular weight excluding hydrogens is 647 g/mol. The second-order valence-corrected chi connectivity index (χ2v) is 11.0. The normalized spacial score (nSPS) is 16.2. The Hall–Kier alpha value is -2.88. The van der Waals surface area contributed by atoms with Gasteiger partial charge in [0.05, 0.1) is 5.52 Å². The summed E-state index contributed by atoms with van der Waals surface area (Å²) in [6.07, 6.45) is 9.81. The van der Waals surface area contributed by atoms with Crippen molar-refractivity contribution in [2.75, 3.05) is 0 Å². The van der Waals surface area contributed by atoms with Gasteiger partial charge in [-0.15, -0.1) is 29.6 Å². The van der Waals surface area contributed by atoms with Gasteiger partial charge in [-0.25, -0.2) is 0 Å². The number of carbonyl (C=O) groups is 1. The fraction of sp³-hybridized carbons (Fsp3) is 0.364. The zero-order valence-corrected chi connectivity index (χ0v) is 25.3. The van der Waals surface area contributed by atoms with Crippen molar-refractivity contribution in [3.8, 4) is 11.3 Å². The molecule has 0 bridgehead atoms. The number of pyridine rings is 2. The van der Waals surface area contributed by atoms with Gasteiger partial charge in [-0.2, -0.15) is 5.70 Å². The zero-order chi connectivity index (χ0) is 26.2. The molecule has 0 amide bonds. The average Bonchev–Trinajstić information content (AvgIpc) is 2.87. The van der Waals surface area contributed by atoms with Crippen LogP contribution < -0.4 is 0 Å². The second kappa shape index (κ2) is 11.5. The summed E-state index contributed by atoms with van der Waals surface area (Å²) in [6, 6.07) is 19.1. The van der Waals surface area contributed by atoms with E-state index >= 15 is 0 Å². The third-order valence-electron chi connectivity index (χ3n) is 7.59. The number of benzene rings is 2. The maximum atomic E-state index is 10.8. The van der Waals surface area contributed by atoms with E-state index < -0.39 is 0 Å². The van der Waals surface area contributed by atoms with Gasteiger partial charge in [0.1, 0.15) is 0 Å². The Morgan fingerprint density at radius 2 is 1.79 bits per heavy atom. The number of ketones is 1. The van der Waals surface area contributed by atoms with Gasteiger partial charge >= 0.3 is 0 Å². The summed E-state index contributed by atoms with van der Waals surface area (Å²) in [4.78, 5) is 20.2. The first-order chi connectivity index (χ1) is 17.7.